The number of aryl methyl sites for hydroxylation is 1. The van der Waals surface area contributed by atoms with Gasteiger partial charge in [0, 0.05) is 38.2 Å². The third-order valence-electron chi connectivity index (χ3n) is 3.63. The van der Waals surface area contributed by atoms with Gasteiger partial charge in [-0.15, -0.1) is 0 Å². The van der Waals surface area contributed by atoms with E-state index >= 15 is 0 Å². The zero-order valence-electron chi connectivity index (χ0n) is 12.9. The Balaban J connectivity index is 2.08. The maximum absolute atomic E-state index is 11.7. The molecule has 0 aromatic carbocycles. The first kappa shape index (κ1) is 15.3. The van der Waals surface area contributed by atoms with Crippen LogP contribution in [0.4, 0.5) is 16.4 Å². The zero-order chi connectivity index (χ0) is 15.4. The van der Waals surface area contributed by atoms with E-state index in [9.17, 15) is 4.79 Å². The standard InChI is InChI=1S/C14H23N5O2/c1-4-11-16-12(15)10(3)13(17-11)18-6-8-19(9-7-18)14(20)21-5-2/h4-9H2,1-3H3,(H2,15,16,17). The SMILES string of the molecule is CCOC(=O)N1CCN(c2nc(CC)nc(N)c2C)CC1. The molecule has 0 aliphatic carbocycles. The minimum absolute atomic E-state index is 0.245. The van der Waals surface area contributed by atoms with E-state index in [1.165, 1.54) is 0 Å². The molecule has 2 heterocycles. The molecule has 0 spiro atoms. The fraction of sp³-hybridized carbons (Fsp3) is 0.643. The van der Waals surface area contributed by atoms with Gasteiger partial charge in [-0.1, -0.05) is 6.92 Å². The number of rotatable bonds is 3. The molecule has 7 heteroatoms. The Morgan fingerprint density at radius 1 is 1.24 bits per heavy atom. The van der Waals surface area contributed by atoms with Crippen LogP contribution >= 0.6 is 0 Å². The second-order valence-corrected chi connectivity index (χ2v) is 5.00. The number of nitrogens with two attached hydrogens (primary N) is 1. The van der Waals surface area contributed by atoms with Crippen molar-refractivity contribution in [1.29, 1.82) is 0 Å². The molecule has 1 aromatic rings. The molecule has 0 radical (unpaired) electrons. The van der Waals surface area contributed by atoms with Crippen LogP contribution in [0.15, 0.2) is 0 Å². The highest BCUT2D eigenvalue weighted by molar-refractivity contribution is 5.68. The topological polar surface area (TPSA) is 84.6 Å². The van der Waals surface area contributed by atoms with Crippen molar-refractivity contribution in [1.82, 2.24) is 14.9 Å². The summed E-state index contributed by atoms with van der Waals surface area (Å²) in [6, 6.07) is 0. The lowest BCUT2D eigenvalue weighted by molar-refractivity contribution is 0.105. The van der Waals surface area contributed by atoms with Crippen molar-refractivity contribution >= 4 is 17.7 Å². The summed E-state index contributed by atoms with van der Waals surface area (Å²) in [6.07, 6.45) is 0.505. The number of amides is 1. The molecule has 116 valence electrons. The minimum atomic E-state index is -0.245. The fourth-order valence-electron chi connectivity index (χ4n) is 2.35. The Hall–Kier alpha value is -2.05. The molecule has 0 bridgehead atoms. The predicted molar refractivity (Wildman–Crippen MR) is 81.4 cm³/mol. The van der Waals surface area contributed by atoms with E-state index < -0.39 is 0 Å². The minimum Gasteiger partial charge on any atom is -0.450 e. The van der Waals surface area contributed by atoms with Gasteiger partial charge < -0.3 is 20.3 Å². The van der Waals surface area contributed by atoms with E-state index in [1.807, 2.05) is 20.8 Å². The molecular formula is C14H23N5O2. The van der Waals surface area contributed by atoms with E-state index in [0.717, 1.165) is 36.7 Å². The van der Waals surface area contributed by atoms with Gasteiger partial charge >= 0.3 is 6.09 Å². The number of carbonyl (C=O) groups excluding carboxylic acids is 1. The molecule has 7 nitrogen and oxygen atoms in total. The molecule has 2 rings (SSSR count). The van der Waals surface area contributed by atoms with Crippen LogP contribution in [-0.4, -0.2) is 53.7 Å². The van der Waals surface area contributed by atoms with Crippen molar-refractivity contribution in [2.45, 2.75) is 27.2 Å². The lowest BCUT2D eigenvalue weighted by atomic mass is 10.2. The molecule has 0 atom stereocenters. The highest BCUT2D eigenvalue weighted by Crippen LogP contribution is 2.23. The normalized spacial score (nSPS) is 15.2. The van der Waals surface area contributed by atoms with E-state index in [2.05, 4.69) is 14.9 Å². The van der Waals surface area contributed by atoms with Gasteiger partial charge in [0.05, 0.1) is 6.61 Å². The monoisotopic (exact) mass is 293 g/mol. The first-order valence-electron chi connectivity index (χ1n) is 7.36. The second-order valence-electron chi connectivity index (χ2n) is 5.00. The highest BCUT2D eigenvalue weighted by Gasteiger charge is 2.24. The summed E-state index contributed by atoms with van der Waals surface area (Å²) in [5.41, 5.74) is 6.86. The summed E-state index contributed by atoms with van der Waals surface area (Å²) >= 11 is 0. The summed E-state index contributed by atoms with van der Waals surface area (Å²) in [7, 11) is 0. The van der Waals surface area contributed by atoms with Crippen LogP contribution in [0.5, 0.6) is 0 Å². The predicted octanol–water partition coefficient (Wildman–Crippen LogP) is 1.21. The Labute approximate surface area is 125 Å². The molecule has 1 aromatic heterocycles. The Morgan fingerprint density at radius 2 is 1.90 bits per heavy atom. The maximum Gasteiger partial charge on any atom is 0.409 e. The van der Waals surface area contributed by atoms with Gasteiger partial charge in [-0.2, -0.15) is 0 Å². The van der Waals surface area contributed by atoms with Gasteiger partial charge in [-0.05, 0) is 13.8 Å². The number of hydrogen-bond donors (Lipinski definition) is 1. The molecule has 1 fully saturated rings. The van der Waals surface area contributed by atoms with E-state index in [-0.39, 0.29) is 6.09 Å². The number of nitrogens with zero attached hydrogens (tertiary/aromatic N) is 4. The van der Waals surface area contributed by atoms with Crippen LogP contribution < -0.4 is 10.6 Å². The third kappa shape index (κ3) is 3.34. The number of carbonyl (C=O) groups is 1. The first-order chi connectivity index (χ1) is 10.1. The Bertz CT molecular complexity index is 512. The molecule has 0 saturated carbocycles. The molecule has 2 N–H and O–H groups in total. The number of nitrogen functional groups attached to an aromatic ring is 1. The van der Waals surface area contributed by atoms with Crippen LogP contribution in [0.25, 0.3) is 0 Å². The van der Waals surface area contributed by atoms with Crippen LogP contribution in [0.3, 0.4) is 0 Å². The summed E-state index contributed by atoms with van der Waals surface area (Å²) in [5.74, 6) is 2.16. The van der Waals surface area contributed by atoms with Gasteiger partial charge in [0.15, 0.2) is 0 Å². The van der Waals surface area contributed by atoms with Crippen molar-refractivity contribution in [3.8, 4) is 0 Å². The molecule has 1 aliphatic rings. The van der Waals surface area contributed by atoms with Crippen molar-refractivity contribution in [3.63, 3.8) is 0 Å². The fourth-order valence-corrected chi connectivity index (χ4v) is 2.35. The lowest BCUT2D eigenvalue weighted by Crippen LogP contribution is -2.49. The summed E-state index contributed by atoms with van der Waals surface area (Å²) < 4.78 is 5.02. The second kappa shape index (κ2) is 6.60. The highest BCUT2D eigenvalue weighted by atomic mass is 16.6. The molecule has 1 amide bonds. The first-order valence-corrected chi connectivity index (χ1v) is 7.36. The maximum atomic E-state index is 11.7. The van der Waals surface area contributed by atoms with Gasteiger partial charge in [-0.25, -0.2) is 14.8 Å². The Morgan fingerprint density at radius 3 is 2.48 bits per heavy atom. The number of ether oxygens (including phenoxy) is 1. The Kier molecular flexibility index (Phi) is 4.82. The van der Waals surface area contributed by atoms with Gasteiger partial charge in [0.1, 0.15) is 17.5 Å². The molecule has 21 heavy (non-hydrogen) atoms. The van der Waals surface area contributed by atoms with Crippen molar-refractivity contribution < 1.29 is 9.53 Å². The molecular weight excluding hydrogens is 270 g/mol. The lowest BCUT2D eigenvalue weighted by Gasteiger charge is -2.35. The van der Waals surface area contributed by atoms with E-state index in [0.29, 0.717) is 25.5 Å². The number of aromatic nitrogens is 2. The van der Waals surface area contributed by atoms with Gasteiger partial charge in [0.25, 0.3) is 0 Å². The quantitative estimate of drug-likeness (QED) is 0.901. The van der Waals surface area contributed by atoms with E-state index in [4.69, 9.17) is 10.5 Å². The number of hydrogen-bond acceptors (Lipinski definition) is 6. The van der Waals surface area contributed by atoms with Crippen LogP contribution in [0, 0.1) is 6.92 Å². The summed E-state index contributed by atoms with van der Waals surface area (Å²) in [4.78, 5) is 24.4. The zero-order valence-corrected chi connectivity index (χ0v) is 12.9. The van der Waals surface area contributed by atoms with Gasteiger partial charge in [0.2, 0.25) is 0 Å². The smallest absolute Gasteiger partial charge is 0.409 e. The van der Waals surface area contributed by atoms with Crippen molar-refractivity contribution in [3.05, 3.63) is 11.4 Å². The molecule has 1 aliphatic heterocycles. The van der Waals surface area contributed by atoms with Crippen LogP contribution in [0.1, 0.15) is 25.2 Å². The number of piperazine rings is 1. The molecule has 1 saturated heterocycles. The average molecular weight is 293 g/mol. The number of anilines is 2. The van der Waals surface area contributed by atoms with Crippen LogP contribution in [-0.2, 0) is 11.2 Å². The summed E-state index contributed by atoms with van der Waals surface area (Å²) in [5, 5.41) is 0. The van der Waals surface area contributed by atoms with Crippen molar-refractivity contribution in [2.75, 3.05) is 43.4 Å². The van der Waals surface area contributed by atoms with Crippen LogP contribution in [0.2, 0.25) is 0 Å². The van der Waals surface area contributed by atoms with E-state index in [1.54, 1.807) is 4.90 Å². The van der Waals surface area contributed by atoms with Gasteiger partial charge in [-0.3, -0.25) is 0 Å². The molecule has 0 unspecified atom stereocenters. The summed E-state index contributed by atoms with van der Waals surface area (Å²) in [6.45, 7) is 8.86. The largest absolute Gasteiger partial charge is 0.450 e. The average Bonchev–Trinajstić information content (AvgIpc) is 2.50. The van der Waals surface area contributed by atoms with Crippen molar-refractivity contribution in [2.24, 2.45) is 0 Å². The third-order valence-corrected chi connectivity index (χ3v) is 3.63.